The largest absolute Gasteiger partial charge is 0.466 e. The minimum absolute atomic E-state index is 0.0768. The maximum atomic E-state index is 12.2. The lowest BCUT2D eigenvalue weighted by Crippen LogP contribution is -2.26. The van der Waals surface area contributed by atoms with Gasteiger partial charge in [-0.25, -0.2) is 9.59 Å². The summed E-state index contributed by atoms with van der Waals surface area (Å²) in [5.74, 6) is -1.15. The molecule has 8 nitrogen and oxygen atoms in total. The molecule has 1 saturated carbocycles. The van der Waals surface area contributed by atoms with Gasteiger partial charge in [-0.05, 0) is 24.5 Å². The van der Waals surface area contributed by atoms with Crippen molar-refractivity contribution in [3.63, 3.8) is 0 Å². The Morgan fingerprint density at radius 2 is 2.07 bits per heavy atom. The van der Waals surface area contributed by atoms with Crippen LogP contribution in [0.25, 0.3) is 10.9 Å². The van der Waals surface area contributed by atoms with Crippen LogP contribution in [0.5, 0.6) is 0 Å². The molecule has 0 radical (unpaired) electrons. The zero-order chi connectivity index (χ0) is 19.7. The lowest BCUT2D eigenvalue weighted by molar-refractivity contribution is -0.184. The van der Waals surface area contributed by atoms with E-state index in [9.17, 15) is 9.59 Å². The number of carbonyl (C=O) groups is 2. The fourth-order valence-electron chi connectivity index (χ4n) is 4.14. The van der Waals surface area contributed by atoms with Crippen LogP contribution < -0.4 is 0 Å². The highest BCUT2D eigenvalue weighted by atomic mass is 16.7. The van der Waals surface area contributed by atoms with Gasteiger partial charge in [-0.1, -0.05) is 25.0 Å². The van der Waals surface area contributed by atoms with E-state index >= 15 is 0 Å². The highest BCUT2D eigenvalue weighted by Gasteiger charge is 2.38. The van der Waals surface area contributed by atoms with Crippen molar-refractivity contribution in [2.75, 3.05) is 20.8 Å². The van der Waals surface area contributed by atoms with Crippen molar-refractivity contribution in [3.8, 4) is 0 Å². The van der Waals surface area contributed by atoms with E-state index in [1.165, 1.54) is 32.8 Å². The fraction of sp³-hybridized carbons (Fsp3) is 0.550. The van der Waals surface area contributed by atoms with Gasteiger partial charge in [0.05, 0.1) is 30.9 Å². The Balaban J connectivity index is 1.50. The first-order valence-corrected chi connectivity index (χ1v) is 9.67. The second kappa shape index (κ2) is 7.89. The van der Waals surface area contributed by atoms with Gasteiger partial charge in [0.1, 0.15) is 0 Å². The first-order chi connectivity index (χ1) is 13.6. The topological polar surface area (TPSA) is 82.9 Å². The SMILES string of the molecule is COC(=O)COC(=O)C1CC(c2ccc3cnn(C4CCCC4)c3c2)N(C)O1. The minimum Gasteiger partial charge on any atom is -0.466 e. The number of carbonyl (C=O) groups excluding carboxylic acids is 2. The highest BCUT2D eigenvalue weighted by molar-refractivity contribution is 5.80. The van der Waals surface area contributed by atoms with Gasteiger partial charge in [-0.15, -0.1) is 0 Å². The van der Waals surface area contributed by atoms with Crippen molar-refractivity contribution >= 4 is 22.8 Å². The second-order valence-corrected chi connectivity index (χ2v) is 7.42. The Hall–Kier alpha value is -2.45. The fourth-order valence-corrected chi connectivity index (χ4v) is 4.14. The first-order valence-electron chi connectivity index (χ1n) is 9.67. The standard InChI is InChI=1S/C20H25N3O5/c1-22-16(10-18(28-22)20(25)27-12-19(24)26-2)13-7-8-14-11-21-23(17(14)9-13)15-5-3-4-6-15/h7-9,11,15-16,18H,3-6,10,12H2,1-2H3. The molecule has 1 saturated heterocycles. The molecule has 0 N–H and O–H groups in total. The van der Waals surface area contributed by atoms with Crippen LogP contribution in [0.1, 0.15) is 49.8 Å². The van der Waals surface area contributed by atoms with Gasteiger partial charge in [0.25, 0.3) is 0 Å². The van der Waals surface area contributed by atoms with Gasteiger partial charge in [-0.2, -0.15) is 10.2 Å². The molecular weight excluding hydrogens is 362 g/mol. The van der Waals surface area contributed by atoms with Crippen LogP contribution in [-0.4, -0.2) is 53.7 Å². The number of methoxy groups -OCH3 is 1. The predicted molar refractivity (Wildman–Crippen MR) is 100 cm³/mol. The zero-order valence-electron chi connectivity index (χ0n) is 16.2. The number of esters is 2. The molecule has 1 aliphatic carbocycles. The number of ether oxygens (including phenoxy) is 2. The number of fused-ring (bicyclic) bond motifs is 1. The van der Waals surface area contributed by atoms with E-state index in [-0.39, 0.29) is 6.04 Å². The van der Waals surface area contributed by atoms with E-state index in [1.807, 2.05) is 6.20 Å². The number of rotatable bonds is 5. The third-order valence-electron chi connectivity index (χ3n) is 5.67. The maximum absolute atomic E-state index is 12.2. The molecular formula is C20H25N3O5. The normalized spacial score (nSPS) is 23.4. The average Bonchev–Trinajstić information content (AvgIpc) is 3.44. The van der Waals surface area contributed by atoms with Gasteiger partial charge in [0.2, 0.25) is 0 Å². The monoisotopic (exact) mass is 387 g/mol. The van der Waals surface area contributed by atoms with Crippen molar-refractivity contribution in [1.29, 1.82) is 0 Å². The molecule has 1 aromatic carbocycles. The summed E-state index contributed by atoms with van der Waals surface area (Å²) < 4.78 is 11.6. The third kappa shape index (κ3) is 3.62. The van der Waals surface area contributed by atoms with Gasteiger partial charge in [-0.3, -0.25) is 9.52 Å². The average molecular weight is 387 g/mol. The summed E-state index contributed by atoms with van der Waals surface area (Å²) in [5, 5.41) is 7.41. The Morgan fingerprint density at radius 1 is 1.29 bits per heavy atom. The number of nitrogens with zero attached hydrogens (tertiary/aromatic N) is 3. The van der Waals surface area contributed by atoms with E-state index in [0.717, 1.165) is 16.5 Å². The molecule has 0 amide bonds. The highest BCUT2D eigenvalue weighted by Crippen LogP contribution is 2.36. The Morgan fingerprint density at radius 3 is 2.82 bits per heavy atom. The zero-order valence-corrected chi connectivity index (χ0v) is 16.2. The van der Waals surface area contributed by atoms with Crippen LogP contribution in [0.4, 0.5) is 0 Å². The molecule has 2 aromatic rings. The molecule has 1 aliphatic heterocycles. The lowest BCUT2D eigenvalue weighted by atomic mass is 10.0. The molecule has 2 aliphatic rings. The van der Waals surface area contributed by atoms with Crippen LogP contribution in [0.2, 0.25) is 0 Å². The third-order valence-corrected chi connectivity index (χ3v) is 5.67. The molecule has 2 fully saturated rings. The quantitative estimate of drug-likeness (QED) is 0.729. The molecule has 4 rings (SSSR count). The van der Waals surface area contributed by atoms with E-state index in [2.05, 4.69) is 32.7 Å². The maximum Gasteiger partial charge on any atom is 0.344 e. The molecule has 0 spiro atoms. The van der Waals surface area contributed by atoms with Gasteiger partial charge in [0.15, 0.2) is 12.7 Å². The molecule has 2 atom stereocenters. The van der Waals surface area contributed by atoms with E-state index in [4.69, 9.17) is 9.57 Å². The van der Waals surface area contributed by atoms with Crippen LogP contribution in [0.15, 0.2) is 24.4 Å². The van der Waals surface area contributed by atoms with Crippen molar-refractivity contribution < 1.29 is 23.9 Å². The van der Waals surface area contributed by atoms with Crippen molar-refractivity contribution in [2.24, 2.45) is 0 Å². The lowest BCUT2D eigenvalue weighted by Gasteiger charge is -2.18. The summed E-state index contributed by atoms with van der Waals surface area (Å²) in [7, 11) is 3.05. The summed E-state index contributed by atoms with van der Waals surface area (Å²) in [5.41, 5.74) is 2.19. The Bertz CT molecular complexity index is 874. The number of hydroxylamine groups is 2. The van der Waals surface area contributed by atoms with Crippen LogP contribution >= 0.6 is 0 Å². The van der Waals surface area contributed by atoms with Crippen LogP contribution in [0.3, 0.4) is 0 Å². The Kier molecular flexibility index (Phi) is 5.32. The summed E-state index contributed by atoms with van der Waals surface area (Å²) >= 11 is 0. The Labute approximate surface area is 163 Å². The number of aromatic nitrogens is 2. The molecule has 0 bridgehead atoms. The molecule has 2 heterocycles. The van der Waals surface area contributed by atoms with Crippen LogP contribution in [-0.2, 0) is 23.9 Å². The van der Waals surface area contributed by atoms with Gasteiger partial charge in [0, 0.05) is 18.9 Å². The summed E-state index contributed by atoms with van der Waals surface area (Å²) in [4.78, 5) is 29.0. The second-order valence-electron chi connectivity index (χ2n) is 7.42. The van der Waals surface area contributed by atoms with Crippen molar-refractivity contribution in [2.45, 2.75) is 50.3 Å². The van der Waals surface area contributed by atoms with Crippen LogP contribution in [0, 0.1) is 0 Å². The molecule has 8 heteroatoms. The number of hydrogen-bond donors (Lipinski definition) is 0. The van der Waals surface area contributed by atoms with Crippen molar-refractivity contribution in [3.05, 3.63) is 30.0 Å². The summed E-state index contributed by atoms with van der Waals surface area (Å²) in [6.45, 7) is -0.407. The van der Waals surface area contributed by atoms with Crippen molar-refractivity contribution in [1.82, 2.24) is 14.8 Å². The van der Waals surface area contributed by atoms with Gasteiger partial charge >= 0.3 is 11.9 Å². The van der Waals surface area contributed by atoms with Gasteiger partial charge < -0.3 is 9.47 Å². The minimum atomic E-state index is -0.741. The van der Waals surface area contributed by atoms with E-state index in [0.29, 0.717) is 12.5 Å². The summed E-state index contributed by atoms with van der Waals surface area (Å²) in [6.07, 6.45) is 6.47. The molecule has 1 aromatic heterocycles. The predicted octanol–water partition coefficient (Wildman–Crippen LogP) is 2.54. The number of benzene rings is 1. The summed E-state index contributed by atoms with van der Waals surface area (Å²) in [6, 6.07) is 6.65. The molecule has 2 unspecified atom stereocenters. The molecule has 150 valence electrons. The first kappa shape index (κ1) is 18.9. The van der Waals surface area contributed by atoms with E-state index in [1.54, 1.807) is 12.1 Å². The molecule has 28 heavy (non-hydrogen) atoms. The van der Waals surface area contributed by atoms with E-state index < -0.39 is 24.6 Å². The number of hydrogen-bond acceptors (Lipinski definition) is 7. The smallest absolute Gasteiger partial charge is 0.344 e.